The highest BCUT2D eigenvalue weighted by Crippen LogP contribution is 2.30. The number of aromatic nitrogens is 1. The Hall–Kier alpha value is -1.78. The first-order valence-corrected chi connectivity index (χ1v) is 7.22. The Morgan fingerprint density at radius 3 is 2.76 bits per heavy atom. The van der Waals surface area contributed by atoms with Crippen molar-refractivity contribution in [3.8, 4) is 11.6 Å². The predicted molar refractivity (Wildman–Crippen MR) is 84.0 cm³/mol. The smallest absolute Gasteiger partial charge is 0.219 e. The van der Waals surface area contributed by atoms with Gasteiger partial charge in [0.05, 0.1) is 17.7 Å². The molecule has 0 saturated carbocycles. The normalized spacial score (nSPS) is 10.4. The highest BCUT2D eigenvalue weighted by Gasteiger charge is 2.10. The molecule has 0 aliphatic rings. The molecular formula is C16H19ClN2O2. The molecule has 1 aromatic carbocycles. The van der Waals surface area contributed by atoms with E-state index >= 15 is 0 Å². The molecule has 0 bridgehead atoms. The van der Waals surface area contributed by atoms with Gasteiger partial charge in [-0.2, -0.15) is 0 Å². The second kappa shape index (κ2) is 7.86. The quantitative estimate of drug-likeness (QED) is 0.851. The molecule has 0 spiro atoms. The highest BCUT2D eigenvalue weighted by molar-refractivity contribution is 6.32. The molecule has 2 rings (SSSR count). The number of para-hydroxylation sites is 1. The Balaban J connectivity index is 2.15. The first-order valence-electron chi connectivity index (χ1n) is 6.85. The van der Waals surface area contributed by atoms with Gasteiger partial charge >= 0.3 is 0 Å². The van der Waals surface area contributed by atoms with Crippen LogP contribution in [0.15, 0.2) is 36.5 Å². The average Bonchev–Trinajstić information content (AvgIpc) is 2.52. The van der Waals surface area contributed by atoms with E-state index in [2.05, 4.69) is 17.2 Å². The molecule has 0 atom stereocenters. The molecule has 0 unspecified atom stereocenters. The third-order valence-corrected chi connectivity index (χ3v) is 3.33. The van der Waals surface area contributed by atoms with Crippen LogP contribution in [-0.2, 0) is 13.2 Å². The topological polar surface area (TPSA) is 43.4 Å². The number of nitrogens with zero attached hydrogens (tertiary/aromatic N) is 1. The molecule has 5 heteroatoms. The van der Waals surface area contributed by atoms with Crippen LogP contribution in [0.1, 0.15) is 18.1 Å². The number of hydrogen-bond acceptors (Lipinski definition) is 4. The second-order valence-corrected chi connectivity index (χ2v) is 4.88. The largest absolute Gasteiger partial charge is 0.487 e. The summed E-state index contributed by atoms with van der Waals surface area (Å²) < 4.78 is 11.1. The van der Waals surface area contributed by atoms with Crippen LogP contribution in [0.3, 0.4) is 0 Å². The minimum atomic E-state index is 0.361. The molecule has 1 heterocycles. The van der Waals surface area contributed by atoms with Crippen molar-refractivity contribution in [1.82, 2.24) is 10.3 Å². The van der Waals surface area contributed by atoms with Crippen molar-refractivity contribution in [3.63, 3.8) is 0 Å². The van der Waals surface area contributed by atoms with Gasteiger partial charge in [0.25, 0.3) is 0 Å². The molecule has 0 aliphatic carbocycles. The van der Waals surface area contributed by atoms with E-state index in [4.69, 9.17) is 21.1 Å². The number of methoxy groups -OCH3 is 1. The molecule has 0 aliphatic heterocycles. The SMILES string of the molecule is CCNCc1cccc(Cl)c1OCc1cccnc1OC. The van der Waals surface area contributed by atoms with Crippen molar-refractivity contribution in [1.29, 1.82) is 0 Å². The fourth-order valence-electron chi connectivity index (χ4n) is 1.98. The van der Waals surface area contributed by atoms with E-state index in [1.165, 1.54) is 0 Å². The van der Waals surface area contributed by atoms with Gasteiger partial charge in [0, 0.05) is 18.3 Å². The Bertz CT molecular complexity index is 590. The molecule has 1 N–H and O–H groups in total. The molecule has 21 heavy (non-hydrogen) atoms. The molecular weight excluding hydrogens is 288 g/mol. The summed E-state index contributed by atoms with van der Waals surface area (Å²) in [5.41, 5.74) is 1.92. The number of ether oxygens (including phenoxy) is 2. The van der Waals surface area contributed by atoms with Crippen molar-refractivity contribution in [2.75, 3.05) is 13.7 Å². The predicted octanol–water partition coefficient (Wildman–Crippen LogP) is 3.43. The maximum atomic E-state index is 6.25. The lowest BCUT2D eigenvalue weighted by molar-refractivity contribution is 0.290. The summed E-state index contributed by atoms with van der Waals surface area (Å²) in [6.45, 7) is 4.03. The molecule has 1 aromatic heterocycles. The molecule has 4 nitrogen and oxygen atoms in total. The number of benzene rings is 1. The van der Waals surface area contributed by atoms with E-state index in [0.717, 1.165) is 24.2 Å². The number of rotatable bonds is 7. The van der Waals surface area contributed by atoms with E-state index in [9.17, 15) is 0 Å². The Morgan fingerprint density at radius 1 is 1.19 bits per heavy atom. The van der Waals surface area contributed by atoms with Crippen LogP contribution < -0.4 is 14.8 Å². The van der Waals surface area contributed by atoms with Gasteiger partial charge in [-0.05, 0) is 24.7 Å². The summed E-state index contributed by atoms with van der Waals surface area (Å²) in [5.74, 6) is 1.27. The fraction of sp³-hybridized carbons (Fsp3) is 0.312. The minimum Gasteiger partial charge on any atom is -0.487 e. The Labute approximate surface area is 130 Å². The molecule has 0 amide bonds. The summed E-state index contributed by atoms with van der Waals surface area (Å²) in [5, 5.41) is 3.88. The van der Waals surface area contributed by atoms with Gasteiger partial charge in [0.15, 0.2) is 0 Å². The van der Waals surface area contributed by atoms with Crippen LogP contribution in [0.2, 0.25) is 5.02 Å². The second-order valence-electron chi connectivity index (χ2n) is 4.47. The van der Waals surface area contributed by atoms with Gasteiger partial charge < -0.3 is 14.8 Å². The zero-order valence-electron chi connectivity index (χ0n) is 12.2. The van der Waals surface area contributed by atoms with E-state index in [1.807, 2.05) is 30.3 Å². The van der Waals surface area contributed by atoms with Crippen LogP contribution in [-0.4, -0.2) is 18.6 Å². The van der Waals surface area contributed by atoms with Crippen molar-refractivity contribution >= 4 is 11.6 Å². The van der Waals surface area contributed by atoms with Crippen LogP contribution in [0.25, 0.3) is 0 Å². The molecule has 2 aromatic rings. The van der Waals surface area contributed by atoms with Crippen LogP contribution in [0.4, 0.5) is 0 Å². The molecule has 112 valence electrons. The zero-order chi connectivity index (χ0) is 15.1. The maximum Gasteiger partial charge on any atom is 0.219 e. The van der Waals surface area contributed by atoms with Gasteiger partial charge in [0.2, 0.25) is 5.88 Å². The van der Waals surface area contributed by atoms with Gasteiger partial charge in [-0.15, -0.1) is 0 Å². The summed E-state index contributed by atoms with van der Waals surface area (Å²) >= 11 is 6.25. The van der Waals surface area contributed by atoms with Gasteiger partial charge in [0.1, 0.15) is 12.4 Å². The van der Waals surface area contributed by atoms with Crippen LogP contribution in [0, 0.1) is 0 Å². The number of halogens is 1. The molecule has 0 saturated heterocycles. The summed E-state index contributed by atoms with van der Waals surface area (Å²) in [7, 11) is 1.60. The third kappa shape index (κ3) is 4.09. The average molecular weight is 307 g/mol. The summed E-state index contributed by atoms with van der Waals surface area (Å²) in [4.78, 5) is 4.16. The van der Waals surface area contributed by atoms with Gasteiger partial charge in [-0.1, -0.05) is 30.7 Å². The number of hydrogen-bond donors (Lipinski definition) is 1. The number of pyridine rings is 1. The van der Waals surface area contributed by atoms with Crippen molar-refractivity contribution in [3.05, 3.63) is 52.7 Å². The summed E-state index contributed by atoms with van der Waals surface area (Å²) in [6.07, 6.45) is 1.69. The lowest BCUT2D eigenvalue weighted by Crippen LogP contribution is -2.13. The zero-order valence-corrected chi connectivity index (χ0v) is 13.0. The first-order chi connectivity index (χ1) is 10.3. The van der Waals surface area contributed by atoms with E-state index < -0.39 is 0 Å². The lowest BCUT2D eigenvalue weighted by atomic mass is 10.2. The van der Waals surface area contributed by atoms with Crippen molar-refractivity contribution in [2.45, 2.75) is 20.1 Å². The van der Waals surface area contributed by atoms with E-state index in [-0.39, 0.29) is 0 Å². The van der Waals surface area contributed by atoms with Crippen LogP contribution in [0.5, 0.6) is 11.6 Å². The standard InChI is InChI=1S/C16H19ClN2O2/c1-3-18-10-12-6-4-8-14(17)15(12)21-11-13-7-5-9-19-16(13)20-2/h4-9,18H,3,10-11H2,1-2H3. The van der Waals surface area contributed by atoms with Gasteiger partial charge in [-0.25, -0.2) is 4.98 Å². The van der Waals surface area contributed by atoms with Crippen LogP contribution >= 0.6 is 11.6 Å². The van der Waals surface area contributed by atoms with E-state index in [0.29, 0.717) is 23.3 Å². The maximum absolute atomic E-state index is 6.25. The van der Waals surface area contributed by atoms with Crippen molar-refractivity contribution in [2.24, 2.45) is 0 Å². The fourth-order valence-corrected chi connectivity index (χ4v) is 2.23. The first kappa shape index (κ1) is 15.6. The highest BCUT2D eigenvalue weighted by atomic mass is 35.5. The lowest BCUT2D eigenvalue weighted by Gasteiger charge is -2.14. The Kier molecular flexibility index (Phi) is 5.84. The minimum absolute atomic E-state index is 0.361. The van der Waals surface area contributed by atoms with Crippen molar-refractivity contribution < 1.29 is 9.47 Å². The third-order valence-electron chi connectivity index (χ3n) is 3.03. The Morgan fingerprint density at radius 2 is 2.00 bits per heavy atom. The molecule has 0 fully saturated rings. The monoisotopic (exact) mass is 306 g/mol. The van der Waals surface area contributed by atoms with E-state index in [1.54, 1.807) is 13.3 Å². The number of nitrogens with one attached hydrogen (secondary N) is 1. The molecule has 0 radical (unpaired) electrons. The van der Waals surface area contributed by atoms with Gasteiger partial charge in [-0.3, -0.25) is 0 Å². The summed E-state index contributed by atoms with van der Waals surface area (Å²) in [6, 6.07) is 9.53.